The molecule has 1 fully saturated rings. The third kappa shape index (κ3) is 1.86. The van der Waals surface area contributed by atoms with Crippen molar-refractivity contribution >= 4 is 0 Å². The second-order valence-electron chi connectivity index (χ2n) is 8.07. The summed E-state index contributed by atoms with van der Waals surface area (Å²) >= 11 is 0. The minimum Gasteiger partial charge on any atom is -0.313 e. The number of hydrogen-bond donors (Lipinski definition) is 1. The summed E-state index contributed by atoms with van der Waals surface area (Å²) in [5.74, 6) is 1.54. The molecule has 3 atom stereocenters. The quantitative estimate of drug-likeness (QED) is 0.855. The average Bonchev–Trinajstić information content (AvgIpc) is 2.38. The van der Waals surface area contributed by atoms with Crippen molar-refractivity contribution in [3.63, 3.8) is 0 Å². The Hall–Kier alpha value is -0.820. The predicted molar refractivity (Wildman–Crippen MR) is 86.2 cm³/mol. The van der Waals surface area contributed by atoms with E-state index in [1.807, 2.05) is 0 Å². The number of benzene rings is 1. The average molecular weight is 271 g/mol. The highest BCUT2D eigenvalue weighted by molar-refractivity contribution is 5.44. The van der Waals surface area contributed by atoms with E-state index in [0.717, 1.165) is 18.4 Å². The van der Waals surface area contributed by atoms with E-state index in [9.17, 15) is 0 Å². The van der Waals surface area contributed by atoms with Crippen molar-refractivity contribution in [1.82, 2.24) is 5.32 Å². The maximum absolute atomic E-state index is 3.83. The van der Waals surface area contributed by atoms with Gasteiger partial charge in [-0.05, 0) is 53.2 Å². The highest BCUT2D eigenvalue weighted by Gasteiger charge is 2.60. The van der Waals surface area contributed by atoms with Gasteiger partial charge in [-0.25, -0.2) is 0 Å². The SMILES string of the molecule is CCCNC1C2CC(C)(C)c3ccccc3C2C1(C)C. The van der Waals surface area contributed by atoms with Crippen LogP contribution in [-0.4, -0.2) is 12.6 Å². The molecule has 2 aliphatic carbocycles. The van der Waals surface area contributed by atoms with Crippen LogP contribution >= 0.6 is 0 Å². The molecule has 1 N–H and O–H groups in total. The Bertz CT molecular complexity index is 500. The molecule has 0 heterocycles. The highest BCUT2D eigenvalue weighted by Crippen LogP contribution is 2.63. The lowest BCUT2D eigenvalue weighted by Crippen LogP contribution is -2.65. The van der Waals surface area contributed by atoms with Crippen LogP contribution in [0, 0.1) is 11.3 Å². The fourth-order valence-electron chi connectivity index (χ4n) is 5.04. The van der Waals surface area contributed by atoms with Gasteiger partial charge in [0.15, 0.2) is 0 Å². The minimum absolute atomic E-state index is 0.320. The van der Waals surface area contributed by atoms with Crippen molar-refractivity contribution in [1.29, 1.82) is 0 Å². The maximum Gasteiger partial charge on any atom is 0.0159 e. The normalized spacial score (nSPS) is 33.0. The molecule has 0 saturated heterocycles. The van der Waals surface area contributed by atoms with Gasteiger partial charge in [-0.3, -0.25) is 0 Å². The molecule has 0 aromatic heterocycles. The smallest absolute Gasteiger partial charge is 0.0159 e. The number of nitrogens with one attached hydrogen (secondary N) is 1. The van der Waals surface area contributed by atoms with Crippen molar-refractivity contribution < 1.29 is 0 Å². The molecular weight excluding hydrogens is 242 g/mol. The Balaban J connectivity index is 1.98. The van der Waals surface area contributed by atoms with E-state index in [1.165, 1.54) is 12.8 Å². The van der Waals surface area contributed by atoms with Crippen molar-refractivity contribution in [3.05, 3.63) is 35.4 Å². The number of hydrogen-bond acceptors (Lipinski definition) is 1. The molecule has 3 unspecified atom stereocenters. The molecule has 1 aromatic carbocycles. The predicted octanol–water partition coefficient (Wildman–Crippen LogP) is 4.48. The van der Waals surface area contributed by atoms with Crippen LogP contribution in [0.25, 0.3) is 0 Å². The zero-order valence-electron chi connectivity index (χ0n) is 13.7. The van der Waals surface area contributed by atoms with Gasteiger partial charge < -0.3 is 5.32 Å². The van der Waals surface area contributed by atoms with Crippen LogP contribution in [0.2, 0.25) is 0 Å². The molecule has 0 amide bonds. The van der Waals surface area contributed by atoms with E-state index in [2.05, 4.69) is 64.2 Å². The lowest BCUT2D eigenvalue weighted by molar-refractivity contribution is -0.0354. The first-order valence-corrected chi connectivity index (χ1v) is 8.22. The van der Waals surface area contributed by atoms with Gasteiger partial charge in [-0.15, -0.1) is 0 Å². The lowest BCUT2D eigenvalue weighted by Gasteiger charge is -2.64. The lowest BCUT2D eigenvalue weighted by atomic mass is 9.43. The Morgan fingerprint density at radius 1 is 1.15 bits per heavy atom. The van der Waals surface area contributed by atoms with E-state index in [4.69, 9.17) is 0 Å². The summed E-state index contributed by atoms with van der Waals surface area (Å²) in [4.78, 5) is 0. The number of fused-ring (bicyclic) bond motifs is 3. The van der Waals surface area contributed by atoms with Crippen LogP contribution in [0.3, 0.4) is 0 Å². The zero-order valence-corrected chi connectivity index (χ0v) is 13.7. The topological polar surface area (TPSA) is 12.0 Å². The zero-order chi connectivity index (χ0) is 14.5. The maximum atomic E-state index is 3.83. The fraction of sp³-hybridized carbons (Fsp3) is 0.684. The van der Waals surface area contributed by atoms with E-state index >= 15 is 0 Å². The van der Waals surface area contributed by atoms with Gasteiger partial charge in [-0.1, -0.05) is 58.9 Å². The van der Waals surface area contributed by atoms with Crippen LogP contribution in [-0.2, 0) is 5.41 Å². The van der Waals surface area contributed by atoms with Gasteiger partial charge in [0.25, 0.3) is 0 Å². The monoisotopic (exact) mass is 271 g/mol. The molecule has 3 rings (SSSR count). The summed E-state index contributed by atoms with van der Waals surface area (Å²) in [5.41, 5.74) is 3.91. The van der Waals surface area contributed by atoms with Crippen molar-refractivity contribution in [2.75, 3.05) is 6.54 Å². The van der Waals surface area contributed by atoms with Gasteiger partial charge in [-0.2, -0.15) is 0 Å². The van der Waals surface area contributed by atoms with E-state index in [-0.39, 0.29) is 0 Å². The summed E-state index contributed by atoms with van der Waals surface area (Å²) in [6, 6.07) is 9.85. The molecule has 2 aliphatic rings. The van der Waals surface area contributed by atoms with E-state index in [0.29, 0.717) is 16.9 Å². The van der Waals surface area contributed by atoms with Crippen LogP contribution in [0.15, 0.2) is 24.3 Å². The second kappa shape index (κ2) is 4.59. The van der Waals surface area contributed by atoms with Crippen LogP contribution in [0.4, 0.5) is 0 Å². The van der Waals surface area contributed by atoms with Gasteiger partial charge in [0, 0.05) is 6.04 Å². The Kier molecular flexibility index (Phi) is 3.25. The third-order valence-corrected chi connectivity index (χ3v) is 5.84. The largest absolute Gasteiger partial charge is 0.313 e. The molecule has 1 nitrogen and oxygen atoms in total. The number of rotatable bonds is 3. The fourth-order valence-corrected chi connectivity index (χ4v) is 5.04. The van der Waals surface area contributed by atoms with Gasteiger partial charge in [0.05, 0.1) is 0 Å². The summed E-state index contributed by atoms with van der Waals surface area (Å²) in [5, 5.41) is 3.83. The first-order valence-electron chi connectivity index (χ1n) is 8.22. The first kappa shape index (κ1) is 14.1. The molecule has 0 radical (unpaired) electrons. The van der Waals surface area contributed by atoms with E-state index < -0.39 is 0 Å². The molecule has 20 heavy (non-hydrogen) atoms. The van der Waals surface area contributed by atoms with Gasteiger partial charge in [0.2, 0.25) is 0 Å². The Labute approximate surface area is 124 Å². The van der Waals surface area contributed by atoms with Crippen molar-refractivity contribution in [2.24, 2.45) is 11.3 Å². The van der Waals surface area contributed by atoms with Gasteiger partial charge in [0.1, 0.15) is 0 Å². The van der Waals surface area contributed by atoms with Gasteiger partial charge >= 0.3 is 0 Å². The molecule has 1 saturated carbocycles. The van der Waals surface area contributed by atoms with Crippen LogP contribution in [0.1, 0.15) is 64.5 Å². The molecule has 0 aliphatic heterocycles. The summed E-state index contributed by atoms with van der Waals surface area (Å²) in [7, 11) is 0. The first-order chi connectivity index (χ1) is 9.39. The third-order valence-electron chi connectivity index (χ3n) is 5.84. The molecule has 1 heteroatoms. The Morgan fingerprint density at radius 2 is 1.85 bits per heavy atom. The summed E-state index contributed by atoms with van der Waals surface area (Å²) < 4.78 is 0. The molecule has 1 aromatic rings. The van der Waals surface area contributed by atoms with E-state index in [1.54, 1.807) is 11.1 Å². The molecular formula is C19H29N. The van der Waals surface area contributed by atoms with Crippen molar-refractivity contribution in [3.8, 4) is 0 Å². The molecule has 0 bridgehead atoms. The molecule has 0 spiro atoms. The summed E-state index contributed by atoms with van der Waals surface area (Å²) in [6.45, 7) is 13.2. The van der Waals surface area contributed by atoms with Crippen LogP contribution < -0.4 is 5.32 Å². The highest BCUT2D eigenvalue weighted by atomic mass is 15.0. The van der Waals surface area contributed by atoms with Crippen molar-refractivity contribution in [2.45, 2.75) is 64.8 Å². The van der Waals surface area contributed by atoms with Crippen LogP contribution in [0.5, 0.6) is 0 Å². The second-order valence-corrected chi connectivity index (χ2v) is 8.07. The Morgan fingerprint density at radius 3 is 2.55 bits per heavy atom. The standard InChI is InChI=1S/C19H29N/c1-6-11-20-17-14-12-18(2,3)15-10-8-7-9-13(15)16(14)19(17,4)5/h7-10,14,16-17,20H,6,11-12H2,1-5H3. The summed E-state index contributed by atoms with van der Waals surface area (Å²) in [6.07, 6.45) is 2.55. The molecule has 110 valence electrons. The minimum atomic E-state index is 0.320.